The van der Waals surface area contributed by atoms with Crippen LogP contribution < -0.4 is 5.32 Å². The molecule has 0 saturated heterocycles. The smallest absolute Gasteiger partial charge is 0.306 e. The van der Waals surface area contributed by atoms with Crippen molar-refractivity contribution in [1.82, 2.24) is 10.2 Å². The third kappa shape index (κ3) is 2.87. The highest BCUT2D eigenvalue weighted by Gasteiger charge is 2.27. The second-order valence-electron chi connectivity index (χ2n) is 5.29. The Hall–Kier alpha value is -2.16. The molecule has 1 saturated carbocycles. The lowest BCUT2D eigenvalue weighted by molar-refractivity contribution is -0.142. The Bertz CT molecular complexity index is 565. The van der Waals surface area contributed by atoms with Crippen LogP contribution in [0.2, 0.25) is 0 Å². The molecule has 2 unspecified atom stereocenters. The van der Waals surface area contributed by atoms with Crippen LogP contribution in [0.1, 0.15) is 42.5 Å². The zero-order valence-corrected chi connectivity index (χ0v) is 11.7. The summed E-state index contributed by atoms with van der Waals surface area (Å²) in [6.45, 7) is 3.66. The first-order valence-electron chi connectivity index (χ1n) is 6.76. The lowest BCUT2D eigenvalue weighted by Gasteiger charge is -2.28. The quantitative estimate of drug-likeness (QED) is 0.874. The van der Waals surface area contributed by atoms with E-state index in [1.165, 1.54) is 0 Å². The minimum atomic E-state index is -0.747. The predicted molar refractivity (Wildman–Crippen MR) is 73.2 cm³/mol. The van der Waals surface area contributed by atoms with E-state index in [0.29, 0.717) is 17.8 Å². The molecule has 1 aromatic rings. The molecule has 1 aliphatic rings. The molecule has 0 amide bonds. The van der Waals surface area contributed by atoms with E-state index in [1.54, 1.807) is 0 Å². The zero-order chi connectivity index (χ0) is 14.7. The van der Waals surface area contributed by atoms with Crippen molar-refractivity contribution in [1.29, 1.82) is 5.26 Å². The summed E-state index contributed by atoms with van der Waals surface area (Å²) in [5.74, 6) is -0.596. The number of aryl methyl sites for hydroxylation is 1. The normalized spacial score (nSPS) is 22.1. The molecule has 1 fully saturated rings. The van der Waals surface area contributed by atoms with Gasteiger partial charge in [0.1, 0.15) is 11.6 Å². The molecule has 106 valence electrons. The first kappa shape index (κ1) is 14.3. The lowest BCUT2D eigenvalue weighted by atomic mass is 9.85. The summed E-state index contributed by atoms with van der Waals surface area (Å²) >= 11 is 0. The van der Waals surface area contributed by atoms with Crippen molar-refractivity contribution in [3.05, 3.63) is 16.8 Å². The summed E-state index contributed by atoms with van der Waals surface area (Å²) in [5, 5.41) is 29.6. The number of nitriles is 1. The number of hydrogen-bond donors (Lipinski definition) is 2. The van der Waals surface area contributed by atoms with Crippen LogP contribution in [0.3, 0.4) is 0 Å². The van der Waals surface area contributed by atoms with E-state index in [9.17, 15) is 10.1 Å². The van der Waals surface area contributed by atoms with Gasteiger partial charge in [-0.25, -0.2) is 0 Å². The van der Waals surface area contributed by atoms with Crippen molar-refractivity contribution in [2.75, 3.05) is 5.32 Å². The van der Waals surface area contributed by atoms with Crippen LogP contribution in [-0.2, 0) is 4.79 Å². The van der Waals surface area contributed by atoms with Crippen LogP contribution in [0, 0.1) is 31.1 Å². The second kappa shape index (κ2) is 5.87. The van der Waals surface area contributed by atoms with Crippen molar-refractivity contribution in [2.45, 2.75) is 45.6 Å². The van der Waals surface area contributed by atoms with Gasteiger partial charge in [0.25, 0.3) is 0 Å². The number of aliphatic carboxylic acids is 1. The van der Waals surface area contributed by atoms with E-state index in [-0.39, 0.29) is 12.0 Å². The molecular weight excluding hydrogens is 256 g/mol. The average molecular weight is 274 g/mol. The van der Waals surface area contributed by atoms with E-state index in [1.807, 2.05) is 13.8 Å². The summed E-state index contributed by atoms with van der Waals surface area (Å²) in [6.07, 6.45) is 3.05. The Kier molecular flexibility index (Phi) is 4.18. The molecule has 6 nitrogen and oxygen atoms in total. The van der Waals surface area contributed by atoms with Crippen LogP contribution in [0.4, 0.5) is 5.82 Å². The van der Waals surface area contributed by atoms with Crippen molar-refractivity contribution < 1.29 is 9.90 Å². The molecule has 0 aliphatic heterocycles. The summed E-state index contributed by atoms with van der Waals surface area (Å²) in [4.78, 5) is 11.1. The van der Waals surface area contributed by atoms with Gasteiger partial charge in [-0.2, -0.15) is 10.4 Å². The molecule has 6 heteroatoms. The van der Waals surface area contributed by atoms with Gasteiger partial charge < -0.3 is 10.4 Å². The van der Waals surface area contributed by atoms with E-state index in [2.05, 4.69) is 21.6 Å². The van der Waals surface area contributed by atoms with Gasteiger partial charge >= 0.3 is 5.97 Å². The summed E-state index contributed by atoms with van der Waals surface area (Å²) in [7, 11) is 0. The molecule has 2 N–H and O–H groups in total. The molecule has 1 aliphatic carbocycles. The van der Waals surface area contributed by atoms with E-state index >= 15 is 0 Å². The van der Waals surface area contributed by atoms with Crippen molar-refractivity contribution >= 4 is 11.8 Å². The Balaban J connectivity index is 2.16. The highest BCUT2D eigenvalue weighted by molar-refractivity contribution is 5.70. The highest BCUT2D eigenvalue weighted by Crippen LogP contribution is 2.28. The minimum Gasteiger partial charge on any atom is -0.481 e. The van der Waals surface area contributed by atoms with E-state index in [4.69, 9.17) is 5.11 Å². The molecular formula is C14H18N4O2. The number of carboxylic acid groups (broad SMARTS) is 1. The van der Waals surface area contributed by atoms with Crippen LogP contribution in [0.15, 0.2) is 0 Å². The third-order valence-electron chi connectivity index (χ3n) is 3.93. The Morgan fingerprint density at radius 1 is 1.40 bits per heavy atom. The Morgan fingerprint density at radius 3 is 2.80 bits per heavy atom. The maximum Gasteiger partial charge on any atom is 0.306 e. The topological polar surface area (TPSA) is 98.9 Å². The Morgan fingerprint density at radius 2 is 2.15 bits per heavy atom. The maximum absolute atomic E-state index is 11.1. The molecule has 0 bridgehead atoms. The molecule has 2 atom stereocenters. The lowest BCUT2D eigenvalue weighted by Crippen LogP contribution is -2.31. The number of hydrogen-bond acceptors (Lipinski definition) is 5. The third-order valence-corrected chi connectivity index (χ3v) is 3.93. The van der Waals surface area contributed by atoms with Crippen molar-refractivity contribution in [3.63, 3.8) is 0 Å². The SMILES string of the molecule is Cc1nnc(NC2CCCC(C(=O)O)C2)c(C#N)c1C. The van der Waals surface area contributed by atoms with Gasteiger partial charge in [-0.05, 0) is 38.7 Å². The van der Waals surface area contributed by atoms with Gasteiger partial charge in [0.15, 0.2) is 5.82 Å². The zero-order valence-electron chi connectivity index (χ0n) is 11.7. The standard InChI is InChI=1S/C14H18N4O2/c1-8-9(2)17-18-13(12(8)7-15)16-11-5-3-4-10(6-11)14(19)20/h10-11H,3-6H2,1-2H3,(H,16,18)(H,19,20). The first-order valence-corrected chi connectivity index (χ1v) is 6.76. The van der Waals surface area contributed by atoms with Gasteiger partial charge in [0, 0.05) is 6.04 Å². The molecule has 1 aromatic heterocycles. The Labute approximate surface area is 117 Å². The van der Waals surface area contributed by atoms with E-state index in [0.717, 1.165) is 30.5 Å². The highest BCUT2D eigenvalue weighted by atomic mass is 16.4. The van der Waals surface area contributed by atoms with Crippen molar-refractivity contribution in [3.8, 4) is 6.07 Å². The molecule has 2 rings (SSSR count). The number of carbonyl (C=O) groups is 1. The average Bonchev–Trinajstić information content (AvgIpc) is 2.43. The van der Waals surface area contributed by atoms with Crippen LogP contribution in [0.5, 0.6) is 0 Å². The number of anilines is 1. The molecule has 0 spiro atoms. The van der Waals surface area contributed by atoms with Gasteiger partial charge in [0.05, 0.1) is 11.6 Å². The summed E-state index contributed by atoms with van der Waals surface area (Å²) in [5.41, 5.74) is 2.05. The number of rotatable bonds is 3. The molecule has 0 radical (unpaired) electrons. The summed E-state index contributed by atoms with van der Waals surface area (Å²) < 4.78 is 0. The number of aromatic nitrogens is 2. The fourth-order valence-electron chi connectivity index (χ4n) is 2.58. The van der Waals surface area contributed by atoms with Crippen LogP contribution in [-0.4, -0.2) is 27.3 Å². The number of nitrogens with zero attached hydrogens (tertiary/aromatic N) is 3. The van der Waals surface area contributed by atoms with Gasteiger partial charge in [0.2, 0.25) is 0 Å². The van der Waals surface area contributed by atoms with Gasteiger partial charge in [-0.1, -0.05) is 6.42 Å². The maximum atomic E-state index is 11.1. The predicted octanol–water partition coefficient (Wildman–Crippen LogP) is 2.02. The summed E-state index contributed by atoms with van der Waals surface area (Å²) in [6, 6.07) is 2.18. The minimum absolute atomic E-state index is 0.0355. The van der Waals surface area contributed by atoms with Gasteiger partial charge in [-0.15, -0.1) is 5.10 Å². The number of nitrogens with one attached hydrogen (secondary N) is 1. The fraction of sp³-hybridized carbons (Fsp3) is 0.571. The second-order valence-corrected chi connectivity index (χ2v) is 5.29. The van der Waals surface area contributed by atoms with E-state index < -0.39 is 5.97 Å². The molecule has 20 heavy (non-hydrogen) atoms. The van der Waals surface area contributed by atoms with Crippen LogP contribution >= 0.6 is 0 Å². The fourth-order valence-corrected chi connectivity index (χ4v) is 2.58. The van der Waals surface area contributed by atoms with Crippen LogP contribution in [0.25, 0.3) is 0 Å². The van der Waals surface area contributed by atoms with Gasteiger partial charge in [-0.3, -0.25) is 4.79 Å². The largest absolute Gasteiger partial charge is 0.481 e. The molecule has 0 aromatic carbocycles. The number of carboxylic acids is 1. The first-order chi connectivity index (χ1) is 9.52. The monoisotopic (exact) mass is 274 g/mol. The molecule has 1 heterocycles. The van der Waals surface area contributed by atoms with Crippen molar-refractivity contribution in [2.24, 2.45) is 5.92 Å².